The maximum Gasteiger partial charge on any atom is 0.319 e. The van der Waals surface area contributed by atoms with Gasteiger partial charge in [0.2, 0.25) is 10.0 Å². The molecule has 0 aromatic heterocycles. The molecule has 8 heteroatoms. The first-order valence-electron chi connectivity index (χ1n) is 6.24. The monoisotopic (exact) mass is 299 g/mol. The van der Waals surface area contributed by atoms with Gasteiger partial charge in [-0.2, -0.15) is 0 Å². The third-order valence-electron chi connectivity index (χ3n) is 2.95. The molecule has 1 saturated heterocycles. The van der Waals surface area contributed by atoms with Crippen LogP contribution in [0.2, 0.25) is 0 Å². The number of rotatable bonds is 4. The van der Waals surface area contributed by atoms with Crippen molar-refractivity contribution in [2.45, 2.75) is 23.8 Å². The number of sulfonamides is 1. The van der Waals surface area contributed by atoms with Gasteiger partial charge in [-0.3, -0.25) is 0 Å². The van der Waals surface area contributed by atoms with Crippen molar-refractivity contribution in [2.75, 3.05) is 18.5 Å². The summed E-state index contributed by atoms with van der Waals surface area (Å²) < 4.78 is 27.5. The van der Waals surface area contributed by atoms with Crippen LogP contribution in [0.4, 0.5) is 10.5 Å². The van der Waals surface area contributed by atoms with Gasteiger partial charge in [0.05, 0.1) is 11.0 Å². The molecule has 2 rings (SSSR count). The van der Waals surface area contributed by atoms with Gasteiger partial charge in [0.1, 0.15) is 0 Å². The molecule has 2 amide bonds. The number of carbonyl (C=O) groups is 1. The van der Waals surface area contributed by atoms with E-state index in [0.29, 0.717) is 12.2 Å². The van der Waals surface area contributed by atoms with Gasteiger partial charge < -0.3 is 15.4 Å². The number of ether oxygens (including phenoxy) is 1. The maximum atomic E-state index is 11.6. The summed E-state index contributed by atoms with van der Waals surface area (Å²) in [6, 6.07) is 5.27. The summed E-state index contributed by atoms with van der Waals surface area (Å²) in [7, 11) is -3.71. The Bertz CT molecular complexity index is 565. The predicted octanol–water partition coefficient (Wildman–Crippen LogP) is 0.634. The standard InChI is InChI=1S/C12H17N3O4S/c13-20(17,18)11-5-3-9(4-6-11)15-12(16)14-8-10-2-1-7-19-10/h3-6,10H,1-2,7-8H2,(H2,13,17,18)(H2,14,15,16). The van der Waals surface area contributed by atoms with E-state index < -0.39 is 10.0 Å². The van der Waals surface area contributed by atoms with E-state index in [0.717, 1.165) is 19.4 Å². The maximum absolute atomic E-state index is 11.6. The van der Waals surface area contributed by atoms with Crippen LogP contribution in [0.1, 0.15) is 12.8 Å². The van der Waals surface area contributed by atoms with Crippen molar-refractivity contribution < 1.29 is 17.9 Å². The molecule has 1 heterocycles. The second-order valence-electron chi connectivity index (χ2n) is 4.54. The highest BCUT2D eigenvalue weighted by atomic mass is 32.2. The van der Waals surface area contributed by atoms with Gasteiger partial charge in [-0.25, -0.2) is 18.4 Å². The quantitative estimate of drug-likeness (QED) is 0.757. The molecule has 0 aliphatic carbocycles. The zero-order chi connectivity index (χ0) is 14.6. The van der Waals surface area contributed by atoms with Crippen LogP contribution in [-0.4, -0.2) is 33.7 Å². The summed E-state index contributed by atoms with van der Waals surface area (Å²) in [6.45, 7) is 1.20. The topological polar surface area (TPSA) is 111 Å². The molecule has 20 heavy (non-hydrogen) atoms. The molecule has 0 radical (unpaired) electrons. The minimum Gasteiger partial charge on any atom is -0.376 e. The van der Waals surface area contributed by atoms with Crippen LogP contribution in [0.25, 0.3) is 0 Å². The summed E-state index contributed by atoms with van der Waals surface area (Å²) in [5.74, 6) is 0. The van der Waals surface area contributed by atoms with Crippen molar-refractivity contribution in [3.63, 3.8) is 0 Å². The van der Waals surface area contributed by atoms with E-state index >= 15 is 0 Å². The number of hydrogen-bond donors (Lipinski definition) is 3. The Labute approximate surface area is 117 Å². The number of nitrogens with one attached hydrogen (secondary N) is 2. The van der Waals surface area contributed by atoms with Crippen LogP contribution < -0.4 is 15.8 Å². The fraction of sp³-hybridized carbons (Fsp3) is 0.417. The number of benzene rings is 1. The van der Waals surface area contributed by atoms with Crippen molar-refractivity contribution in [1.29, 1.82) is 0 Å². The van der Waals surface area contributed by atoms with Gasteiger partial charge in [0.25, 0.3) is 0 Å². The lowest BCUT2D eigenvalue weighted by Gasteiger charge is -2.11. The Balaban J connectivity index is 1.84. The van der Waals surface area contributed by atoms with Crippen molar-refractivity contribution in [3.05, 3.63) is 24.3 Å². The van der Waals surface area contributed by atoms with Gasteiger partial charge >= 0.3 is 6.03 Å². The molecule has 0 saturated carbocycles. The molecule has 1 aromatic rings. The molecule has 1 aromatic carbocycles. The van der Waals surface area contributed by atoms with Crippen LogP contribution in [0.15, 0.2) is 29.2 Å². The number of hydrogen-bond acceptors (Lipinski definition) is 4. The van der Waals surface area contributed by atoms with E-state index in [9.17, 15) is 13.2 Å². The lowest BCUT2D eigenvalue weighted by atomic mass is 10.2. The van der Waals surface area contributed by atoms with Crippen molar-refractivity contribution in [2.24, 2.45) is 5.14 Å². The first kappa shape index (κ1) is 14.8. The smallest absolute Gasteiger partial charge is 0.319 e. The van der Waals surface area contributed by atoms with Crippen LogP contribution in [-0.2, 0) is 14.8 Å². The molecule has 1 aliphatic heterocycles. The third kappa shape index (κ3) is 4.19. The normalized spacial score (nSPS) is 18.8. The molecule has 110 valence electrons. The zero-order valence-electron chi connectivity index (χ0n) is 10.8. The highest BCUT2D eigenvalue weighted by molar-refractivity contribution is 7.89. The van der Waals surface area contributed by atoms with E-state index in [4.69, 9.17) is 9.88 Å². The minimum absolute atomic E-state index is 0.00261. The molecular formula is C12H17N3O4S. The Morgan fingerprint density at radius 2 is 2.05 bits per heavy atom. The van der Waals surface area contributed by atoms with E-state index in [1.807, 2.05) is 0 Å². The van der Waals surface area contributed by atoms with E-state index in [1.54, 1.807) is 0 Å². The molecule has 1 fully saturated rings. The molecular weight excluding hydrogens is 282 g/mol. The lowest BCUT2D eigenvalue weighted by molar-refractivity contribution is 0.112. The predicted molar refractivity (Wildman–Crippen MR) is 73.8 cm³/mol. The van der Waals surface area contributed by atoms with E-state index in [1.165, 1.54) is 24.3 Å². The molecule has 0 spiro atoms. The summed E-state index contributed by atoms with van der Waals surface area (Å²) >= 11 is 0. The summed E-state index contributed by atoms with van der Waals surface area (Å²) in [6.07, 6.45) is 2.04. The summed E-state index contributed by atoms with van der Waals surface area (Å²) in [5.41, 5.74) is 0.488. The lowest BCUT2D eigenvalue weighted by Crippen LogP contribution is -2.35. The van der Waals surface area contributed by atoms with Crippen molar-refractivity contribution in [1.82, 2.24) is 5.32 Å². The number of amides is 2. The highest BCUT2D eigenvalue weighted by Crippen LogP contribution is 2.13. The first-order valence-corrected chi connectivity index (χ1v) is 7.79. The summed E-state index contributed by atoms with van der Waals surface area (Å²) in [4.78, 5) is 11.6. The van der Waals surface area contributed by atoms with Gasteiger partial charge in [-0.1, -0.05) is 0 Å². The Morgan fingerprint density at radius 1 is 1.35 bits per heavy atom. The average Bonchev–Trinajstić information content (AvgIpc) is 2.89. The van der Waals surface area contributed by atoms with Gasteiger partial charge in [0.15, 0.2) is 0 Å². The largest absolute Gasteiger partial charge is 0.376 e. The second-order valence-corrected chi connectivity index (χ2v) is 6.10. The van der Waals surface area contributed by atoms with E-state index in [-0.39, 0.29) is 17.0 Å². The average molecular weight is 299 g/mol. The fourth-order valence-corrected chi connectivity index (χ4v) is 2.43. The Morgan fingerprint density at radius 3 is 2.60 bits per heavy atom. The SMILES string of the molecule is NS(=O)(=O)c1ccc(NC(=O)NCC2CCCO2)cc1. The molecule has 1 atom stereocenters. The molecule has 4 N–H and O–H groups in total. The third-order valence-corrected chi connectivity index (χ3v) is 3.88. The van der Waals surface area contributed by atoms with Crippen molar-refractivity contribution in [3.8, 4) is 0 Å². The zero-order valence-corrected chi connectivity index (χ0v) is 11.7. The van der Waals surface area contributed by atoms with Crippen LogP contribution >= 0.6 is 0 Å². The number of anilines is 1. The van der Waals surface area contributed by atoms with Gasteiger partial charge in [0, 0.05) is 18.8 Å². The second kappa shape index (κ2) is 6.21. The Kier molecular flexibility index (Phi) is 4.58. The Hall–Kier alpha value is -1.64. The number of urea groups is 1. The molecule has 0 bridgehead atoms. The number of carbonyl (C=O) groups excluding carboxylic acids is 1. The van der Waals surface area contributed by atoms with Crippen molar-refractivity contribution >= 4 is 21.7 Å². The first-order chi connectivity index (χ1) is 9.45. The minimum atomic E-state index is -3.71. The number of primary sulfonamides is 1. The van der Waals surface area contributed by atoms with Crippen LogP contribution in [0, 0.1) is 0 Å². The highest BCUT2D eigenvalue weighted by Gasteiger charge is 2.16. The van der Waals surface area contributed by atoms with Crippen LogP contribution in [0.5, 0.6) is 0 Å². The number of nitrogens with two attached hydrogens (primary N) is 1. The van der Waals surface area contributed by atoms with Crippen LogP contribution in [0.3, 0.4) is 0 Å². The van der Waals surface area contributed by atoms with Gasteiger partial charge in [-0.05, 0) is 37.1 Å². The van der Waals surface area contributed by atoms with E-state index in [2.05, 4.69) is 10.6 Å². The fourth-order valence-electron chi connectivity index (χ4n) is 1.92. The summed E-state index contributed by atoms with van der Waals surface area (Å²) in [5, 5.41) is 10.3. The van der Waals surface area contributed by atoms with Gasteiger partial charge in [-0.15, -0.1) is 0 Å². The molecule has 1 unspecified atom stereocenters. The molecule has 7 nitrogen and oxygen atoms in total. The molecule has 1 aliphatic rings.